The molecule has 0 amide bonds. The van der Waals surface area contributed by atoms with Crippen molar-refractivity contribution in [2.75, 3.05) is 0 Å². The molecule has 0 unspecified atom stereocenters. The molecule has 182 valence electrons. The Balaban J connectivity index is 0.000000234. The lowest BCUT2D eigenvalue weighted by Crippen LogP contribution is -1.92. The van der Waals surface area contributed by atoms with Crippen molar-refractivity contribution in [3.63, 3.8) is 0 Å². The SMILES string of the molecule is C.C.CC(C)c1c2ccccc2cc2ccccc12.CC(C)c1cccc(Oc2ccccc2)c1. The topological polar surface area (TPSA) is 9.23 Å². The van der Waals surface area contributed by atoms with E-state index in [2.05, 4.69) is 94.4 Å². The maximum absolute atomic E-state index is 5.77. The molecule has 0 aliphatic carbocycles. The molecule has 0 bridgehead atoms. The maximum Gasteiger partial charge on any atom is 0.127 e. The monoisotopic (exact) mass is 464 g/mol. The first kappa shape index (κ1) is 27.7. The molecule has 0 radical (unpaired) electrons. The third-order valence-electron chi connectivity index (χ3n) is 5.89. The smallest absolute Gasteiger partial charge is 0.127 e. The van der Waals surface area contributed by atoms with Crippen LogP contribution in [0.3, 0.4) is 0 Å². The molecule has 0 atom stereocenters. The maximum atomic E-state index is 5.77. The number of para-hydroxylation sites is 1. The Hall–Kier alpha value is -3.58. The first-order valence-electron chi connectivity index (χ1n) is 11.8. The normalized spacial score (nSPS) is 10.3. The number of hydrogen-bond donors (Lipinski definition) is 0. The fourth-order valence-electron chi connectivity index (χ4n) is 4.23. The van der Waals surface area contributed by atoms with Gasteiger partial charge in [-0.1, -0.05) is 121 Å². The van der Waals surface area contributed by atoms with Gasteiger partial charge in [-0.15, -0.1) is 0 Å². The van der Waals surface area contributed by atoms with E-state index in [4.69, 9.17) is 4.74 Å². The minimum Gasteiger partial charge on any atom is -0.457 e. The van der Waals surface area contributed by atoms with Crippen molar-refractivity contribution in [2.45, 2.75) is 54.4 Å². The molecule has 5 aromatic carbocycles. The highest BCUT2D eigenvalue weighted by Crippen LogP contribution is 2.33. The molecule has 0 aliphatic heterocycles. The number of hydrogen-bond acceptors (Lipinski definition) is 1. The zero-order valence-electron chi connectivity index (χ0n) is 20.0. The molecule has 0 heterocycles. The highest BCUT2D eigenvalue weighted by Gasteiger charge is 2.09. The van der Waals surface area contributed by atoms with Crippen molar-refractivity contribution < 1.29 is 4.74 Å². The lowest BCUT2D eigenvalue weighted by atomic mass is 9.90. The molecule has 0 N–H and O–H groups in total. The Morgan fingerprint density at radius 2 is 1.00 bits per heavy atom. The van der Waals surface area contributed by atoms with Crippen LogP contribution in [-0.2, 0) is 0 Å². The van der Waals surface area contributed by atoms with Crippen LogP contribution in [0.1, 0.15) is 65.5 Å². The van der Waals surface area contributed by atoms with Crippen molar-refractivity contribution in [1.82, 2.24) is 0 Å². The van der Waals surface area contributed by atoms with E-state index in [1.54, 1.807) is 0 Å². The Morgan fingerprint density at radius 1 is 0.486 bits per heavy atom. The van der Waals surface area contributed by atoms with Gasteiger partial charge in [-0.2, -0.15) is 0 Å². The summed E-state index contributed by atoms with van der Waals surface area (Å²) in [5.41, 5.74) is 2.77. The summed E-state index contributed by atoms with van der Waals surface area (Å²) in [4.78, 5) is 0. The van der Waals surface area contributed by atoms with Crippen LogP contribution in [0.15, 0.2) is 109 Å². The van der Waals surface area contributed by atoms with E-state index in [0.29, 0.717) is 11.8 Å². The number of rotatable bonds is 4. The molecular weight excluding hydrogens is 424 g/mol. The van der Waals surface area contributed by atoms with E-state index < -0.39 is 0 Å². The van der Waals surface area contributed by atoms with Gasteiger partial charge in [-0.25, -0.2) is 0 Å². The molecule has 5 rings (SSSR count). The third-order valence-corrected chi connectivity index (χ3v) is 5.89. The number of fused-ring (bicyclic) bond motifs is 2. The Kier molecular flexibility index (Phi) is 10.1. The predicted octanol–water partition coefficient (Wildman–Crippen LogP) is 11.0. The van der Waals surface area contributed by atoms with E-state index in [1.165, 1.54) is 32.7 Å². The minimum atomic E-state index is 0. The van der Waals surface area contributed by atoms with Crippen LogP contribution in [0.25, 0.3) is 21.5 Å². The summed E-state index contributed by atoms with van der Waals surface area (Å²) >= 11 is 0. The average molecular weight is 465 g/mol. The van der Waals surface area contributed by atoms with Crippen molar-refractivity contribution in [2.24, 2.45) is 0 Å². The van der Waals surface area contributed by atoms with E-state index in [-0.39, 0.29) is 14.9 Å². The summed E-state index contributed by atoms with van der Waals surface area (Å²) < 4.78 is 5.77. The second-order valence-corrected chi connectivity index (χ2v) is 9.03. The predicted molar refractivity (Wildman–Crippen MR) is 156 cm³/mol. The fourth-order valence-corrected chi connectivity index (χ4v) is 4.23. The summed E-state index contributed by atoms with van der Waals surface area (Å²) in [6.45, 7) is 8.91. The van der Waals surface area contributed by atoms with Crippen LogP contribution in [0.5, 0.6) is 11.5 Å². The van der Waals surface area contributed by atoms with Gasteiger partial charge < -0.3 is 4.74 Å². The highest BCUT2D eigenvalue weighted by molar-refractivity contribution is 6.02. The highest BCUT2D eigenvalue weighted by atomic mass is 16.5. The van der Waals surface area contributed by atoms with Gasteiger partial charge in [0.2, 0.25) is 0 Å². The van der Waals surface area contributed by atoms with Gasteiger partial charge in [-0.3, -0.25) is 0 Å². The Morgan fingerprint density at radius 3 is 1.54 bits per heavy atom. The van der Waals surface area contributed by atoms with Gasteiger partial charge in [0.05, 0.1) is 0 Å². The molecule has 0 fully saturated rings. The molecule has 0 saturated carbocycles. The summed E-state index contributed by atoms with van der Waals surface area (Å²) in [6.07, 6.45) is 0. The van der Waals surface area contributed by atoms with Gasteiger partial charge in [0.25, 0.3) is 0 Å². The molecule has 0 aliphatic rings. The second kappa shape index (κ2) is 12.8. The number of benzene rings is 5. The lowest BCUT2D eigenvalue weighted by Gasteiger charge is -2.14. The first-order valence-corrected chi connectivity index (χ1v) is 11.8. The minimum absolute atomic E-state index is 0. The zero-order chi connectivity index (χ0) is 23.2. The van der Waals surface area contributed by atoms with E-state index >= 15 is 0 Å². The third kappa shape index (κ3) is 6.73. The molecule has 1 heteroatoms. The lowest BCUT2D eigenvalue weighted by molar-refractivity contribution is 0.481. The second-order valence-electron chi connectivity index (χ2n) is 9.03. The van der Waals surface area contributed by atoms with Gasteiger partial charge in [-0.05, 0) is 74.8 Å². The van der Waals surface area contributed by atoms with E-state index in [1.807, 2.05) is 42.5 Å². The van der Waals surface area contributed by atoms with E-state index in [9.17, 15) is 0 Å². The van der Waals surface area contributed by atoms with E-state index in [0.717, 1.165) is 11.5 Å². The van der Waals surface area contributed by atoms with Gasteiger partial charge in [0.1, 0.15) is 11.5 Å². The molecule has 0 aromatic heterocycles. The zero-order valence-corrected chi connectivity index (χ0v) is 20.0. The van der Waals surface area contributed by atoms with Crippen LogP contribution in [-0.4, -0.2) is 0 Å². The van der Waals surface area contributed by atoms with Gasteiger partial charge in [0, 0.05) is 0 Å². The largest absolute Gasteiger partial charge is 0.457 e. The molecule has 5 aromatic rings. The molecular formula is C34H40O. The van der Waals surface area contributed by atoms with Crippen LogP contribution in [0.2, 0.25) is 0 Å². The van der Waals surface area contributed by atoms with Crippen LogP contribution in [0.4, 0.5) is 0 Å². The van der Waals surface area contributed by atoms with Crippen molar-refractivity contribution in [3.05, 3.63) is 120 Å². The first-order chi connectivity index (χ1) is 16.0. The molecule has 1 nitrogen and oxygen atoms in total. The van der Waals surface area contributed by atoms with Crippen LogP contribution >= 0.6 is 0 Å². The quantitative estimate of drug-likeness (QED) is 0.240. The standard InChI is InChI=1S/C17H16.C15H16O.2CH4/c1-12(2)17-15-9-5-3-7-13(15)11-14-8-4-6-10-16(14)17;1-12(2)13-7-6-10-15(11-13)16-14-8-4-3-5-9-14;;/h3-12H,1-2H3;3-12H,1-2H3;2*1H4. The summed E-state index contributed by atoms with van der Waals surface area (Å²) in [5.74, 6) is 2.85. The Labute approximate surface area is 212 Å². The fraction of sp³-hybridized carbons (Fsp3) is 0.235. The van der Waals surface area contributed by atoms with Crippen molar-refractivity contribution in [3.8, 4) is 11.5 Å². The average Bonchev–Trinajstić information content (AvgIpc) is 2.83. The summed E-state index contributed by atoms with van der Waals surface area (Å²) in [7, 11) is 0. The molecule has 35 heavy (non-hydrogen) atoms. The Bertz CT molecular complexity index is 1280. The molecule has 0 saturated heterocycles. The van der Waals surface area contributed by atoms with Crippen LogP contribution < -0.4 is 4.74 Å². The van der Waals surface area contributed by atoms with Gasteiger partial charge >= 0.3 is 0 Å². The van der Waals surface area contributed by atoms with Gasteiger partial charge in [0.15, 0.2) is 0 Å². The van der Waals surface area contributed by atoms with Crippen molar-refractivity contribution >= 4 is 21.5 Å². The number of ether oxygens (including phenoxy) is 1. The summed E-state index contributed by atoms with van der Waals surface area (Å²) in [5, 5.41) is 5.47. The van der Waals surface area contributed by atoms with Crippen molar-refractivity contribution in [1.29, 1.82) is 0 Å². The summed E-state index contributed by atoms with van der Waals surface area (Å²) in [6, 6.07) is 37.7. The molecule has 0 spiro atoms. The van der Waals surface area contributed by atoms with Crippen LogP contribution in [0, 0.1) is 0 Å².